The van der Waals surface area contributed by atoms with Crippen molar-refractivity contribution in [3.8, 4) is 0 Å². The summed E-state index contributed by atoms with van der Waals surface area (Å²) < 4.78 is 0. The monoisotopic (exact) mass is 153 g/mol. The van der Waals surface area contributed by atoms with Crippen LogP contribution in [0.2, 0.25) is 0 Å². The van der Waals surface area contributed by atoms with E-state index in [1.54, 1.807) is 0 Å². The maximum atomic E-state index is 4.10. The van der Waals surface area contributed by atoms with Crippen LogP contribution in [0.4, 0.5) is 0 Å². The average molecular weight is 153 g/mol. The van der Waals surface area contributed by atoms with E-state index in [4.69, 9.17) is 0 Å². The maximum Gasteiger partial charge on any atom is 0.0259 e. The lowest BCUT2D eigenvalue weighted by atomic mass is 10.2. The minimum Gasteiger partial charge on any atom is -0.373 e. The van der Waals surface area contributed by atoms with E-state index < -0.39 is 0 Å². The zero-order valence-corrected chi connectivity index (χ0v) is 7.77. The van der Waals surface area contributed by atoms with E-state index in [1.807, 2.05) is 0 Å². The van der Waals surface area contributed by atoms with Gasteiger partial charge in [0.2, 0.25) is 0 Å². The van der Waals surface area contributed by atoms with E-state index in [0.29, 0.717) is 0 Å². The molecule has 1 aliphatic rings. The summed E-state index contributed by atoms with van der Waals surface area (Å²) in [5.41, 5.74) is 1.34. The third-order valence-electron chi connectivity index (χ3n) is 2.50. The molecule has 0 aromatic rings. The normalized spacial score (nSPS) is 24.2. The molecule has 1 nitrogen and oxygen atoms in total. The highest BCUT2D eigenvalue weighted by Crippen LogP contribution is 2.22. The summed E-state index contributed by atoms with van der Waals surface area (Å²) in [6, 6.07) is 0.744. The molecule has 1 fully saturated rings. The Morgan fingerprint density at radius 3 is 2.82 bits per heavy atom. The van der Waals surface area contributed by atoms with Crippen molar-refractivity contribution in [3.05, 3.63) is 12.3 Å². The first-order valence-electron chi connectivity index (χ1n) is 4.70. The van der Waals surface area contributed by atoms with Crippen LogP contribution in [-0.2, 0) is 0 Å². The van der Waals surface area contributed by atoms with E-state index in [1.165, 1.54) is 37.9 Å². The van der Waals surface area contributed by atoms with Crippen molar-refractivity contribution in [2.24, 2.45) is 0 Å². The summed E-state index contributed by atoms with van der Waals surface area (Å²) >= 11 is 0. The van der Waals surface area contributed by atoms with Gasteiger partial charge in [-0.25, -0.2) is 0 Å². The van der Waals surface area contributed by atoms with Crippen molar-refractivity contribution >= 4 is 0 Å². The molecule has 0 radical (unpaired) electrons. The first-order valence-corrected chi connectivity index (χ1v) is 4.70. The predicted molar refractivity (Wildman–Crippen MR) is 49.5 cm³/mol. The number of hydrogen-bond acceptors (Lipinski definition) is 1. The Morgan fingerprint density at radius 2 is 2.36 bits per heavy atom. The van der Waals surface area contributed by atoms with Crippen molar-refractivity contribution in [1.29, 1.82) is 0 Å². The minimum atomic E-state index is 0.744. The van der Waals surface area contributed by atoms with Crippen LogP contribution < -0.4 is 0 Å². The van der Waals surface area contributed by atoms with Crippen molar-refractivity contribution < 1.29 is 0 Å². The SMILES string of the molecule is C=C(CCC)N1CCC[C@H]1C. The van der Waals surface area contributed by atoms with Gasteiger partial charge < -0.3 is 4.90 Å². The van der Waals surface area contributed by atoms with Gasteiger partial charge in [-0.1, -0.05) is 19.9 Å². The van der Waals surface area contributed by atoms with Crippen molar-refractivity contribution in [2.75, 3.05) is 6.54 Å². The van der Waals surface area contributed by atoms with Gasteiger partial charge in [-0.05, 0) is 26.2 Å². The largest absolute Gasteiger partial charge is 0.373 e. The molecule has 0 aliphatic carbocycles. The van der Waals surface area contributed by atoms with E-state index in [-0.39, 0.29) is 0 Å². The molecule has 0 aromatic heterocycles. The summed E-state index contributed by atoms with van der Waals surface area (Å²) in [5, 5.41) is 0. The van der Waals surface area contributed by atoms with Gasteiger partial charge in [-0.15, -0.1) is 0 Å². The Hall–Kier alpha value is -0.460. The zero-order chi connectivity index (χ0) is 8.27. The number of likely N-dealkylation sites (tertiary alicyclic amines) is 1. The number of nitrogens with zero attached hydrogens (tertiary/aromatic N) is 1. The summed E-state index contributed by atoms with van der Waals surface area (Å²) in [7, 11) is 0. The van der Waals surface area contributed by atoms with Gasteiger partial charge in [-0.3, -0.25) is 0 Å². The van der Waals surface area contributed by atoms with E-state index in [9.17, 15) is 0 Å². The fourth-order valence-electron chi connectivity index (χ4n) is 1.84. The van der Waals surface area contributed by atoms with Gasteiger partial charge in [0.1, 0.15) is 0 Å². The smallest absolute Gasteiger partial charge is 0.0259 e. The van der Waals surface area contributed by atoms with Gasteiger partial charge >= 0.3 is 0 Å². The lowest BCUT2D eigenvalue weighted by molar-refractivity contribution is 0.329. The molecule has 0 spiro atoms. The maximum absolute atomic E-state index is 4.10. The molecule has 1 rings (SSSR count). The molecule has 11 heavy (non-hydrogen) atoms. The molecule has 64 valence electrons. The second-order valence-corrected chi connectivity index (χ2v) is 3.50. The van der Waals surface area contributed by atoms with Crippen molar-refractivity contribution in [1.82, 2.24) is 4.90 Å². The van der Waals surface area contributed by atoms with Crippen LogP contribution in [0.25, 0.3) is 0 Å². The zero-order valence-electron chi connectivity index (χ0n) is 7.77. The number of rotatable bonds is 3. The van der Waals surface area contributed by atoms with Crippen LogP contribution in [0.15, 0.2) is 12.3 Å². The van der Waals surface area contributed by atoms with E-state index in [2.05, 4.69) is 25.3 Å². The molecule has 0 bridgehead atoms. The van der Waals surface area contributed by atoms with E-state index >= 15 is 0 Å². The molecule has 0 saturated carbocycles. The second kappa shape index (κ2) is 3.80. The Balaban J connectivity index is 2.39. The molecular formula is C10H19N. The minimum absolute atomic E-state index is 0.744. The standard InChI is InChI=1S/C10H19N/c1-4-6-9(2)11-8-5-7-10(11)3/h10H,2,4-8H2,1,3H3/t10-/m1/s1. The van der Waals surface area contributed by atoms with Crippen molar-refractivity contribution in [3.63, 3.8) is 0 Å². The second-order valence-electron chi connectivity index (χ2n) is 3.50. The van der Waals surface area contributed by atoms with Crippen molar-refractivity contribution in [2.45, 2.75) is 45.6 Å². The average Bonchev–Trinajstić information content (AvgIpc) is 2.36. The lowest BCUT2D eigenvalue weighted by Crippen LogP contribution is -2.25. The van der Waals surface area contributed by atoms with Gasteiger partial charge in [0, 0.05) is 18.3 Å². The first-order chi connectivity index (χ1) is 5.25. The van der Waals surface area contributed by atoms with E-state index in [0.717, 1.165) is 6.04 Å². The Kier molecular flexibility index (Phi) is 2.98. The van der Waals surface area contributed by atoms with Crippen LogP contribution >= 0.6 is 0 Å². The van der Waals surface area contributed by atoms with Crippen LogP contribution in [-0.4, -0.2) is 17.5 Å². The highest BCUT2D eigenvalue weighted by molar-refractivity contribution is 4.98. The topological polar surface area (TPSA) is 3.24 Å². The molecule has 0 amide bonds. The van der Waals surface area contributed by atoms with Crippen LogP contribution in [0.1, 0.15) is 39.5 Å². The van der Waals surface area contributed by atoms with Crippen LogP contribution in [0.3, 0.4) is 0 Å². The highest BCUT2D eigenvalue weighted by atomic mass is 15.2. The molecule has 1 heteroatoms. The van der Waals surface area contributed by atoms with Crippen LogP contribution in [0, 0.1) is 0 Å². The summed E-state index contributed by atoms with van der Waals surface area (Å²) in [5.74, 6) is 0. The number of hydrogen-bond donors (Lipinski definition) is 0. The molecular weight excluding hydrogens is 134 g/mol. The van der Waals surface area contributed by atoms with Crippen LogP contribution in [0.5, 0.6) is 0 Å². The molecule has 0 aromatic carbocycles. The molecule has 1 heterocycles. The fraction of sp³-hybridized carbons (Fsp3) is 0.800. The van der Waals surface area contributed by atoms with Gasteiger partial charge in [-0.2, -0.15) is 0 Å². The first kappa shape index (κ1) is 8.63. The summed E-state index contributed by atoms with van der Waals surface area (Å²) in [6.45, 7) is 9.85. The fourth-order valence-corrected chi connectivity index (χ4v) is 1.84. The van der Waals surface area contributed by atoms with Gasteiger partial charge in [0.15, 0.2) is 0 Å². The Labute approximate surface area is 70.1 Å². The summed E-state index contributed by atoms with van der Waals surface area (Å²) in [4.78, 5) is 2.46. The molecule has 1 saturated heterocycles. The predicted octanol–water partition coefficient (Wildman–Crippen LogP) is 2.78. The molecule has 1 atom stereocenters. The number of allylic oxidation sites excluding steroid dienone is 1. The Morgan fingerprint density at radius 1 is 1.64 bits per heavy atom. The summed E-state index contributed by atoms with van der Waals surface area (Å²) in [6.07, 6.45) is 5.10. The third kappa shape index (κ3) is 1.98. The Bertz CT molecular complexity index is 140. The third-order valence-corrected chi connectivity index (χ3v) is 2.50. The quantitative estimate of drug-likeness (QED) is 0.602. The lowest BCUT2D eigenvalue weighted by Gasteiger charge is -2.25. The molecule has 0 N–H and O–H groups in total. The van der Waals surface area contributed by atoms with Gasteiger partial charge in [0.25, 0.3) is 0 Å². The molecule has 0 unspecified atom stereocenters. The van der Waals surface area contributed by atoms with Gasteiger partial charge in [0.05, 0.1) is 0 Å². The highest BCUT2D eigenvalue weighted by Gasteiger charge is 2.20. The molecule has 1 aliphatic heterocycles.